The van der Waals surface area contributed by atoms with Gasteiger partial charge in [-0.05, 0) is 31.0 Å². The average molecular weight is 236 g/mol. The Kier molecular flexibility index (Phi) is 4.97. The highest BCUT2D eigenvalue weighted by atomic mass is 16.3. The van der Waals surface area contributed by atoms with Crippen LogP contribution in [0.15, 0.2) is 24.3 Å². The number of rotatable bonds is 5. The van der Waals surface area contributed by atoms with Gasteiger partial charge in [0.25, 0.3) is 0 Å². The fourth-order valence-corrected chi connectivity index (χ4v) is 1.52. The number of carbonyl (C=O) groups excluding carboxylic acids is 1. The third-order valence-electron chi connectivity index (χ3n) is 2.61. The van der Waals surface area contributed by atoms with Crippen LogP contribution in [-0.2, 0) is 11.2 Å². The van der Waals surface area contributed by atoms with Gasteiger partial charge in [0.2, 0.25) is 5.91 Å². The van der Waals surface area contributed by atoms with Gasteiger partial charge in [-0.3, -0.25) is 4.79 Å². The number of carbonyl (C=O) groups is 1. The largest absolute Gasteiger partial charge is 0.399 e. The van der Waals surface area contributed by atoms with Crippen molar-refractivity contribution in [3.63, 3.8) is 0 Å². The van der Waals surface area contributed by atoms with Gasteiger partial charge in [-0.15, -0.1) is 0 Å². The van der Waals surface area contributed by atoms with E-state index >= 15 is 0 Å². The third-order valence-corrected chi connectivity index (χ3v) is 2.61. The molecule has 0 bridgehead atoms. The van der Waals surface area contributed by atoms with E-state index in [1.807, 2.05) is 12.1 Å². The lowest BCUT2D eigenvalue weighted by Crippen LogP contribution is -2.30. The molecule has 0 saturated heterocycles. The Morgan fingerprint density at radius 2 is 2.24 bits per heavy atom. The first kappa shape index (κ1) is 13.5. The Labute approximate surface area is 102 Å². The van der Waals surface area contributed by atoms with Crippen molar-refractivity contribution in [1.82, 2.24) is 4.90 Å². The van der Waals surface area contributed by atoms with E-state index in [4.69, 9.17) is 10.8 Å². The van der Waals surface area contributed by atoms with E-state index in [9.17, 15) is 4.79 Å². The monoisotopic (exact) mass is 236 g/mol. The molecule has 4 nitrogen and oxygen atoms in total. The van der Waals surface area contributed by atoms with Gasteiger partial charge in [0.05, 0.1) is 12.5 Å². The maximum atomic E-state index is 11.8. The van der Waals surface area contributed by atoms with E-state index in [1.54, 1.807) is 31.0 Å². The standard InChI is InChI=1S/C13H20N2O2/c1-10(16)6-7-15(2)13(17)9-11-4-3-5-12(14)8-11/h3-5,8,10,16H,6-7,9,14H2,1-2H3. The van der Waals surface area contributed by atoms with Crippen molar-refractivity contribution in [2.24, 2.45) is 0 Å². The number of aliphatic hydroxyl groups is 1. The first-order chi connectivity index (χ1) is 7.99. The van der Waals surface area contributed by atoms with E-state index in [2.05, 4.69) is 0 Å². The number of amides is 1. The van der Waals surface area contributed by atoms with Crippen LogP contribution in [-0.4, -0.2) is 35.6 Å². The molecular formula is C13H20N2O2. The highest BCUT2D eigenvalue weighted by Gasteiger charge is 2.10. The second-order valence-electron chi connectivity index (χ2n) is 4.37. The minimum absolute atomic E-state index is 0.0382. The van der Waals surface area contributed by atoms with Gasteiger partial charge in [0, 0.05) is 19.3 Å². The van der Waals surface area contributed by atoms with Gasteiger partial charge in [0.1, 0.15) is 0 Å². The molecule has 0 heterocycles. The maximum absolute atomic E-state index is 11.8. The topological polar surface area (TPSA) is 66.6 Å². The number of hydrogen-bond acceptors (Lipinski definition) is 3. The summed E-state index contributed by atoms with van der Waals surface area (Å²) in [6.45, 7) is 2.29. The molecule has 4 heteroatoms. The van der Waals surface area contributed by atoms with Crippen LogP contribution in [0.3, 0.4) is 0 Å². The summed E-state index contributed by atoms with van der Waals surface area (Å²) in [6, 6.07) is 7.33. The van der Waals surface area contributed by atoms with Crippen LogP contribution >= 0.6 is 0 Å². The van der Waals surface area contributed by atoms with Crippen molar-refractivity contribution in [3.8, 4) is 0 Å². The summed E-state index contributed by atoms with van der Waals surface area (Å²) >= 11 is 0. The summed E-state index contributed by atoms with van der Waals surface area (Å²) in [5.74, 6) is 0.0382. The van der Waals surface area contributed by atoms with Crippen molar-refractivity contribution >= 4 is 11.6 Å². The van der Waals surface area contributed by atoms with Gasteiger partial charge in [-0.1, -0.05) is 12.1 Å². The Morgan fingerprint density at radius 1 is 1.53 bits per heavy atom. The van der Waals surface area contributed by atoms with Crippen LogP contribution in [0, 0.1) is 0 Å². The zero-order valence-electron chi connectivity index (χ0n) is 10.4. The molecule has 1 atom stereocenters. The van der Waals surface area contributed by atoms with Crippen LogP contribution in [0.4, 0.5) is 5.69 Å². The molecule has 1 aromatic carbocycles. The molecule has 0 fully saturated rings. The minimum Gasteiger partial charge on any atom is -0.399 e. The van der Waals surface area contributed by atoms with E-state index in [0.717, 1.165) is 5.56 Å². The molecule has 0 spiro atoms. The molecule has 0 radical (unpaired) electrons. The first-order valence-electron chi connectivity index (χ1n) is 5.75. The lowest BCUT2D eigenvalue weighted by Gasteiger charge is -2.18. The number of anilines is 1. The molecule has 3 N–H and O–H groups in total. The molecule has 1 amide bonds. The number of nitrogens with two attached hydrogens (primary N) is 1. The van der Waals surface area contributed by atoms with Crippen LogP contribution < -0.4 is 5.73 Å². The van der Waals surface area contributed by atoms with Crippen molar-refractivity contribution < 1.29 is 9.90 Å². The summed E-state index contributed by atoms with van der Waals surface area (Å²) < 4.78 is 0. The molecule has 1 unspecified atom stereocenters. The van der Waals surface area contributed by atoms with E-state index < -0.39 is 0 Å². The summed E-state index contributed by atoms with van der Waals surface area (Å²) in [7, 11) is 1.75. The van der Waals surface area contributed by atoms with Crippen molar-refractivity contribution in [3.05, 3.63) is 29.8 Å². The maximum Gasteiger partial charge on any atom is 0.226 e. The first-order valence-corrected chi connectivity index (χ1v) is 5.75. The zero-order chi connectivity index (χ0) is 12.8. The Balaban J connectivity index is 2.48. The van der Waals surface area contributed by atoms with Gasteiger partial charge in [-0.2, -0.15) is 0 Å². The van der Waals surface area contributed by atoms with Crippen LogP contribution in [0.1, 0.15) is 18.9 Å². The number of likely N-dealkylation sites (N-methyl/N-ethyl adjacent to an activating group) is 1. The zero-order valence-corrected chi connectivity index (χ0v) is 10.4. The Bertz CT molecular complexity index is 377. The Morgan fingerprint density at radius 3 is 2.82 bits per heavy atom. The Hall–Kier alpha value is -1.55. The van der Waals surface area contributed by atoms with Crippen molar-refractivity contribution in [2.75, 3.05) is 19.3 Å². The number of nitrogen functional groups attached to an aromatic ring is 1. The predicted molar refractivity (Wildman–Crippen MR) is 68.5 cm³/mol. The fourth-order valence-electron chi connectivity index (χ4n) is 1.52. The summed E-state index contributed by atoms with van der Waals surface area (Å²) in [6.07, 6.45) is 0.568. The second-order valence-corrected chi connectivity index (χ2v) is 4.37. The summed E-state index contributed by atoms with van der Waals surface area (Å²) in [4.78, 5) is 13.5. The normalized spacial score (nSPS) is 12.2. The van der Waals surface area contributed by atoms with E-state index in [-0.39, 0.29) is 12.0 Å². The molecule has 1 aromatic rings. The van der Waals surface area contributed by atoms with Gasteiger partial charge < -0.3 is 15.7 Å². The lowest BCUT2D eigenvalue weighted by atomic mass is 10.1. The quantitative estimate of drug-likeness (QED) is 0.751. The number of aliphatic hydroxyl groups excluding tert-OH is 1. The number of benzene rings is 1. The van der Waals surface area contributed by atoms with E-state index in [1.165, 1.54) is 0 Å². The summed E-state index contributed by atoms with van der Waals surface area (Å²) in [5.41, 5.74) is 7.23. The molecule has 0 saturated carbocycles. The van der Waals surface area contributed by atoms with Gasteiger partial charge >= 0.3 is 0 Å². The SMILES string of the molecule is CC(O)CCN(C)C(=O)Cc1cccc(N)c1. The average Bonchev–Trinajstić information content (AvgIpc) is 2.25. The molecule has 1 rings (SSSR count). The highest BCUT2D eigenvalue weighted by Crippen LogP contribution is 2.08. The summed E-state index contributed by atoms with van der Waals surface area (Å²) in [5, 5.41) is 9.15. The molecule has 0 aliphatic carbocycles. The highest BCUT2D eigenvalue weighted by molar-refractivity contribution is 5.78. The van der Waals surface area contributed by atoms with Crippen LogP contribution in [0.5, 0.6) is 0 Å². The molecule has 0 aliphatic rings. The van der Waals surface area contributed by atoms with Crippen LogP contribution in [0.2, 0.25) is 0 Å². The second kappa shape index (κ2) is 6.25. The van der Waals surface area contributed by atoms with Crippen LogP contribution in [0.25, 0.3) is 0 Å². The van der Waals surface area contributed by atoms with Crippen molar-refractivity contribution in [2.45, 2.75) is 25.9 Å². The number of hydrogen-bond donors (Lipinski definition) is 2. The molecule has 0 aromatic heterocycles. The van der Waals surface area contributed by atoms with Gasteiger partial charge in [0.15, 0.2) is 0 Å². The molecular weight excluding hydrogens is 216 g/mol. The smallest absolute Gasteiger partial charge is 0.226 e. The molecule has 17 heavy (non-hydrogen) atoms. The fraction of sp³-hybridized carbons (Fsp3) is 0.462. The minimum atomic E-state index is -0.377. The number of nitrogens with zero attached hydrogens (tertiary/aromatic N) is 1. The third kappa shape index (κ3) is 4.87. The van der Waals surface area contributed by atoms with Gasteiger partial charge in [-0.25, -0.2) is 0 Å². The van der Waals surface area contributed by atoms with Crippen molar-refractivity contribution in [1.29, 1.82) is 0 Å². The predicted octanol–water partition coefficient (Wildman–Crippen LogP) is 1.04. The molecule has 0 aliphatic heterocycles. The molecule has 94 valence electrons. The lowest BCUT2D eigenvalue weighted by molar-refractivity contribution is -0.129. The van der Waals surface area contributed by atoms with E-state index in [0.29, 0.717) is 25.1 Å².